The predicted molar refractivity (Wildman–Crippen MR) is 101 cm³/mol. The number of hydrogen-bond acceptors (Lipinski definition) is 3. The number of nitriles is 1. The maximum Gasteiger partial charge on any atom is 0.161 e. The standard InChI is InChI=1S/C20H18BrNO2/c1-3-11-24-19-10-5-15(13-20(19)23-4-2)12-17(14-22)16-6-8-18(21)9-7-16/h3,5-10,12-13H,1,4,11H2,2H3/b17-12+. The van der Waals surface area contributed by atoms with Crippen LogP contribution in [0.5, 0.6) is 11.5 Å². The zero-order valence-electron chi connectivity index (χ0n) is 13.5. The molecule has 122 valence electrons. The second kappa shape index (κ2) is 8.95. The van der Waals surface area contributed by atoms with Gasteiger partial charge in [-0.05, 0) is 48.4 Å². The highest BCUT2D eigenvalue weighted by Gasteiger charge is 2.07. The minimum atomic E-state index is 0.414. The van der Waals surface area contributed by atoms with Gasteiger partial charge in [-0.2, -0.15) is 5.26 Å². The zero-order valence-corrected chi connectivity index (χ0v) is 15.0. The Balaban J connectivity index is 2.35. The lowest BCUT2D eigenvalue weighted by Crippen LogP contribution is -1.99. The highest BCUT2D eigenvalue weighted by atomic mass is 79.9. The summed E-state index contributed by atoms with van der Waals surface area (Å²) in [6.07, 6.45) is 3.52. The Morgan fingerprint density at radius 3 is 2.54 bits per heavy atom. The average molecular weight is 384 g/mol. The lowest BCUT2D eigenvalue weighted by molar-refractivity contribution is 0.297. The molecule has 0 aliphatic heterocycles. The molecule has 3 nitrogen and oxygen atoms in total. The fourth-order valence-corrected chi connectivity index (χ4v) is 2.39. The summed E-state index contributed by atoms with van der Waals surface area (Å²) in [5.41, 5.74) is 2.33. The molecule has 0 atom stereocenters. The van der Waals surface area contributed by atoms with Crippen LogP contribution in [0.3, 0.4) is 0 Å². The van der Waals surface area contributed by atoms with Gasteiger partial charge in [0.25, 0.3) is 0 Å². The normalized spacial score (nSPS) is 10.8. The van der Waals surface area contributed by atoms with Crippen molar-refractivity contribution in [3.63, 3.8) is 0 Å². The van der Waals surface area contributed by atoms with E-state index in [1.807, 2.05) is 55.5 Å². The molecule has 2 aromatic carbocycles. The second-order valence-corrected chi connectivity index (χ2v) is 5.83. The van der Waals surface area contributed by atoms with Gasteiger partial charge < -0.3 is 9.47 Å². The Morgan fingerprint density at radius 2 is 1.92 bits per heavy atom. The van der Waals surface area contributed by atoms with Gasteiger partial charge in [0, 0.05) is 4.47 Å². The summed E-state index contributed by atoms with van der Waals surface area (Å²) >= 11 is 3.40. The Morgan fingerprint density at radius 1 is 1.17 bits per heavy atom. The van der Waals surface area contributed by atoms with Crippen LogP contribution in [0.2, 0.25) is 0 Å². The van der Waals surface area contributed by atoms with Gasteiger partial charge in [0.05, 0.1) is 18.2 Å². The number of rotatable bonds is 7. The number of allylic oxidation sites excluding steroid dienone is 1. The molecular weight excluding hydrogens is 366 g/mol. The van der Waals surface area contributed by atoms with E-state index in [1.165, 1.54) is 0 Å². The van der Waals surface area contributed by atoms with Crippen LogP contribution < -0.4 is 9.47 Å². The van der Waals surface area contributed by atoms with Crippen molar-refractivity contribution in [2.45, 2.75) is 6.92 Å². The molecule has 2 rings (SSSR count). The molecule has 4 heteroatoms. The molecule has 24 heavy (non-hydrogen) atoms. The van der Waals surface area contributed by atoms with Crippen LogP contribution in [0.1, 0.15) is 18.1 Å². The maximum absolute atomic E-state index is 9.46. The number of nitrogens with zero attached hydrogens (tertiary/aromatic N) is 1. The van der Waals surface area contributed by atoms with Gasteiger partial charge in [0.1, 0.15) is 6.61 Å². The third-order valence-electron chi connectivity index (χ3n) is 3.21. The van der Waals surface area contributed by atoms with Crippen molar-refractivity contribution in [1.82, 2.24) is 0 Å². The highest BCUT2D eigenvalue weighted by molar-refractivity contribution is 9.10. The van der Waals surface area contributed by atoms with Gasteiger partial charge in [-0.3, -0.25) is 0 Å². The SMILES string of the molecule is C=CCOc1ccc(/C=C(\C#N)c2ccc(Br)cc2)cc1OCC. The van der Waals surface area contributed by atoms with Crippen LogP contribution in [0.15, 0.2) is 59.6 Å². The van der Waals surface area contributed by atoms with Crippen LogP contribution in [0.4, 0.5) is 0 Å². The third-order valence-corrected chi connectivity index (χ3v) is 3.74. The highest BCUT2D eigenvalue weighted by Crippen LogP contribution is 2.30. The van der Waals surface area contributed by atoms with E-state index in [2.05, 4.69) is 28.6 Å². The number of halogens is 1. The van der Waals surface area contributed by atoms with Gasteiger partial charge in [-0.25, -0.2) is 0 Å². The van der Waals surface area contributed by atoms with Crippen LogP contribution in [0.25, 0.3) is 11.6 Å². The molecule has 0 spiro atoms. The van der Waals surface area contributed by atoms with Crippen molar-refractivity contribution >= 4 is 27.6 Å². The first-order chi connectivity index (χ1) is 11.7. The van der Waals surface area contributed by atoms with Crippen LogP contribution in [0, 0.1) is 11.3 Å². The van der Waals surface area contributed by atoms with Crippen LogP contribution >= 0.6 is 15.9 Å². The molecule has 0 aliphatic rings. The first-order valence-electron chi connectivity index (χ1n) is 7.56. The summed E-state index contributed by atoms with van der Waals surface area (Å²) < 4.78 is 12.2. The van der Waals surface area contributed by atoms with Gasteiger partial charge in [-0.15, -0.1) is 0 Å². The monoisotopic (exact) mass is 383 g/mol. The van der Waals surface area contributed by atoms with Gasteiger partial charge in [0.15, 0.2) is 11.5 Å². The van der Waals surface area contributed by atoms with E-state index in [9.17, 15) is 5.26 Å². The van der Waals surface area contributed by atoms with Crippen molar-refractivity contribution in [3.8, 4) is 17.6 Å². The fraction of sp³-hybridized carbons (Fsp3) is 0.150. The topological polar surface area (TPSA) is 42.2 Å². The van der Waals surface area contributed by atoms with Gasteiger partial charge >= 0.3 is 0 Å². The quantitative estimate of drug-likeness (QED) is 0.361. The third kappa shape index (κ3) is 4.74. The predicted octanol–water partition coefficient (Wildman–Crippen LogP) is 5.48. The van der Waals surface area contributed by atoms with Crippen molar-refractivity contribution in [2.75, 3.05) is 13.2 Å². The molecule has 0 N–H and O–H groups in total. The molecule has 0 bridgehead atoms. The number of hydrogen-bond donors (Lipinski definition) is 0. The van der Waals surface area contributed by atoms with E-state index in [4.69, 9.17) is 9.47 Å². The largest absolute Gasteiger partial charge is 0.490 e. The Kier molecular flexibility index (Phi) is 6.65. The molecule has 0 saturated carbocycles. The molecule has 0 amide bonds. The second-order valence-electron chi connectivity index (χ2n) is 4.92. The van der Waals surface area contributed by atoms with E-state index in [0.29, 0.717) is 30.3 Å². The van der Waals surface area contributed by atoms with Crippen molar-refractivity contribution in [2.24, 2.45) is 0 Å². The van der Waals surface area contributed by atoms with Gasteiger partial charge in [-0.1, -0.05) is 46.8 Å². The molecule has 0 heterocycles. The summed E-state index contributed by atoms with van der Waals surface area (Å²) in [6, 6.07) is 15.5. The molecule has 0 aromatic heterocycles. The molecule has 0 radical (unpaired) electrons. The summed E-state index contributed by atoms with van der Waals surface area (Å²) in [4.78, 5) is 0. The Hall–Kier alpha value is -2.51. The summed E-state index contributed by atoms with van der Waals surface area (Å²) in [5.74, 6) is 1.32. The maximum atomic E-state index is 9.46. The van der Waals surface area contributed by atoms with E-state index < -0.39 is 0 Å². The molecule has 0 fully saturated rings. The molecule has 0 saturated heterocycles. The minimum absolute atomic E-state index is 0.414. The summed E-state index contributed by atoms with van der Waals surface area (Å²) in [5, 5.41) is 9.46. The lowest BCUT2D eigenvalue weighted by atomic mass is 10.0. The van der Waals surface area contributed by atoms with E-state index >= 15 is 0 Å². The molecular formula is C20H18BrNO2. The van der Waals surface area contributed by atoms with E-state index in [0.717, 1.165) is 15.6 Å². The number of benzene rings is 2. The van der Waals surface area contributed by atoms with Gasteiger partial charge in [0.2, 0.25) is 0 Å². The first-order valence-corrected chi connectivity index (χ1v) is 8.35. The first kappa shape index (κ1) is 17.8. The van der Waals surface area contributed by atoms with Crippen molar-refractivity contribution < 1.29 is 9.47 Å². The zero-order chi connectivity index (χ0) is 17.4. The van der Waals surface area contributed by atoms with Crippen molar-refractivity contribution in [1.29, 1.82) is 5.26 Å². The van der Waals surface area contributed by atoms with E-state index in [1.54, 1.807) is 6.08 Å². The lowest BCUT2D eigenvalue weighted by Gasteiger charge is -2.11. The van der Waals surface area contributed by atoms with Crippen LogP contribution in [-0.4, -0.2) is 13.2 Å². The summed E-state index contributed by atoms with van der Waals surface area (Å²) in [7, 11) is 0. The van der Waals surface area contributed by atoms with Crippen LogP contribution in [-0.2, 0) is 0 Å². The smallest absolute Gasteiger partial charge is 0.161 e. The van der Waals surface area contributed by atoms with E-state index in [-0.39, 0.29) is 0 Å². The minimum Gasteiger partial charge on any atom is -0.490 e. The Bertz CT molecular complexity index is 773. The molecule has 0 aliphatic carbocycles. The number of ether oxygens (including phenoxy) is 2. The molecule has 2 aromatic rings. The fourth-order valence-electron chi connectivity index (χ4n) is 2.13. The van der Waals surface area contributed by atoms with Crippen molar-refractivity contribution in [3.05, 3.63) is 70.7 Å². The average Bonchev–Trinajstić information content (AvgIpc) is 2.60. The Labute approximate surface area is 151 Å². The molecule has 0 unspecified atom stereocenters. The summed E-state index contributed by atoms with van der Waals surface area (Å²) in [6.45, 7) is 6.51.